The van der Waals surface area contributed by atoms with E-state index >= 15 is 0 Å². The quantitative estimate of drug-likeness (QED) is 0.535. The number of hydrogen-bond donors (Lipinski definition) is 1. The van der Waals surface area contributed by atoms with E-state index in [1.54, 1.807) is 18.5 Å². The van der Waals surface area contributed by atoms with Gasteiger partial charge in [-0.1, -0.05) is 36.0 Å². The topological polar surface area (TPSA) is 42.0 Å². The Morgan fingerprint density at radius 2 is 2.11 bits per heavy atom. The van der Waals surface area contributed by atoms with Gasteiger partial charge in [-0.2, -0.15) is 0 Å². The summed E-state index contributed by atoms with van der Waals surface area (Å²) in [6.07, 6.45) is 7.77. The molecule has 0 saturated carbocycles. The molecule has 142 valence electrons. The highest BCUT2D eigenvalue weighted by molar-refractivity contribution is 7.99. The number of aryl methyl sites for hydroxylation is 2. The molecule has 3 nitrogen and oxygen atoms in total. The van der Waals surface area contributed by atoms with Gasteiger partial charge in [-0.05, 0) is 67.1 Å². The number of aldehydes is 1. The minimum atomic E-state index is 0.459. The fraction of sp³-hybridized carbons (Fsp3) is 0.250. The summed E-state index contributed by atoms with van der Waals surface area (Å²) in [5.74, 6) is 0.459. The molecule has 4 rings (SSSR count). The van der Waals surface area contributed by atoms with E-state index in [0.717, 1.165) is 24.9 Å². The van der Waals surface area contributed by atoms with Gasteiger partial charge in [-0.3, -0.25) is 9.78 Å². The number of benzene rings is 2. The molecule has 4 heteroatoms. The lowest BCUT2D eigenvalue weighted by atomic mass is 9.83. The van der Waals surface area contributed by atoms with Gasteiger partial charge in [0.15, 0.2) is 6.29 Å². The minimum absolute atomic E-state index is 0.459. The Morgan fingerprint density at radius 1 is 1.21 bits per heavy atom. The van der Waals surface area contributed by atoms with E-state index < -0.39 is 0 Å². The zero-order valence-corrected chi connectivity index (χ0v) is 16.8. The molecule has 28 heavy (non-hydrogen) atoms. The SMILES string of the molecule is Cc1ccccc1Sc1ccc2c(c1)CCC[C@@H]2CNc1cnccc1C=O. The van der Waals surface area contributed by atoms with Gasteiger partial charge >= 0.3 is 0 Å². The van der Waals surface area contributed by atoms with Gasteiger partial charge in [0.25, 0.3) is 0 Å². The first kappa shape index (κ1) is 18.8. The van der Waals surface area contributed by atoms with Crippen LogP contribution in [0.1, 0.15) is 45.8 Å². The van der Waals surface area contributed by atoms with E-state index in [-0.39, 0.29) is 0 Å². The lowest BCUT2D eigenvalue weighted by Gasteiger charge is -2.27. The molecular formula is C24H24N2OS. The van der Waals surface area contributed by atoms with Crippen molar-refractivity contribution in [1.82, 2.24) is 4.98 Å². The lowest BCUT2D eigenvalue weighted by Crippen LogP contribution is -2.18. The Bertz CT molecular complexity index is 986. The monoisotopic (exact) mass is 388 g/mol. The highest BCUT2D eigenvalue weighted by atomic mass is 32.2. The van der Waals surface area contributed by atoms with E-state index in [9.17, 15) is 4.79 Å². The number of nitrogens with one attached hydrogen (secondary N) is 1. The van der Waals surface area contributed by atoms with E-state index in [4.69, 9.17) is 0 Å². The normalized spacial score (nSPS) is 15.7. The smallest absolute Gasteiger partial charge is 0.152 e. The van der Waals surface area contributed by atoms with Gasteiger partial charge in [0.05, 0.1) is 11.9 Å². The molecule has 1 aliphatic rings. The number of aromatic nitrogens is 1. The van der Waals surface area contributed by atoms with E-state index in [2.05, 4.69) is 59.7 Å². The molecule has 0 radical (unpaired) electrons. The molecule has 1 aromatic heterocycles. The van der Waals surface area contributed by atoms with Crippen LogP contribution in [0.3, 0.4) is 0 Å². The Morgan fingerprint density at radius 3 is 2.96 bits per heavy atom. The Balaban J connectivity index is 1.50. The van der Waals surface area contributed by atoms with Crippen LogP contribution in [0.25, 0.3) is 0 Å². The maximum absolute atomic E-state index is 11.2. The average molecular weight is 389 g/mol. The molecule has 0 aliphatic heterocycles. The van der Waals surface area contributed by atoms with Crippen molar-refractivity contribution in [2.24, 2.45) is 0 Å². The molecule has 1 heterocycles. The standard InChI is InChI=1S/C24H24N2OS/c1-17-5-2-3-8-24(17)28-21-9-10-22-18(13-21)6-4-7-19(22)14-26-23-15-25-12-11-20(23)16-27/h2-3,5,8-13,15-16,19,26H,4,6-7,14H2,1H3/t19-/m1/s1. The van der Waals surface area contributed by atoms with Gasteiger partial charge in [0, 0.05) is 34.0 Å². The van der Waals surface area contributed by atoms with Gasteiger partial charge in [-0.25, -0.2) is 0 Å². The molecule has 0 bridgehead atoms. The maximum atomic E-state index is 11.2. The fourth-order valence-corrected chi connectivity index (χ4v) is 4.82. The predicted molar refractivity (Wildman–Crippen MR) is 116 cm³/mol. The molecule has 0 saturated heterocycles. The number of anilines is 1. The highest BCUT2D eigenvalue weighted by Crippen LogP contribution is 2.37. The van der Waals surface area contributed by atoms with Crippen molar-refractivity contribution in [3.8, 4) is 0 Å². The summed E-state index contributed by atoms with van der Waals surface area (Å²) in [6, 6.07) is 17.2. The number of pyridine rings is 1. The Hall–Kier alpha value is -2.59. The van der Waals surface area contributed by atoms with Crippen LogP contribution < -0.4 is 5.32 Å². The summed E-state index contributed by atoms with van der Waals surface area (Å²) in [5.41, 5.74) is 5.69. The second-order valence-corrected chi connectivity index (χ2v) is 8.39. The van der Waals surface area contributed by atoms with Crippen LogP contribution in [0.5, 0.6) is 0 Å². The third-order valence-corrected chi connectivity index (χ3v) is 6.56. The lowest BCUT2D eigenvalue weighted by molar-refractivity contribution is 0.112. The number of carbonyl (C=O) groups is 1. The molecule has 2 aromatic carbocycles. The second kappa shape index (κ2) is 8.61. The molecule has 0 amide bonds. The number of rotatable bonds is 6. The average Bonchev–Trinajstić information content (AvgIpc) is 2.74. The summed E-state index contributed by atoms with van der Waals surface area (Å²) in [4.78, 5) is 18.0. The number of carbonyl (C=O) groups excluding carboxylic acids is 1. The summed E-state index contributed by atoms with van der Waals surface area (Å²) in [7, 11) is 0. The largest absolute Gasteiger partial charge is 0.383 e. The number of nitrogens with zero attached hydrogens (tertiary/aromatic N) is 1. The molecule has 1 atom stereocenters. The van der Waals surface area contributed by atoms with Gasteiger partial charge in [0.1, 0.15) is 0 Å². The van der Waals surface area contributed by atoms with Gasteiger partial charge in [-0.15, -0.1) is 0 Å². The minimum Gasteiger partial charge on any atom is -0.383 e. The van der Waals surface area contributed by atoms with Crippen molar-refractivity contribution in [2.75, 3.05) is 11.9 Å². The predicted octanol–water partition coefficient (Wildman–Crippen LogP) is 5.89. The third kappa shape index (κ3) is 4.12. The highest BCUT2D eigenvalue weighted by Gasteiger charge is 2.21. The first-order chi connectivity index (χ1) is 13.7. The van der Waals surface area contributed by atoms with E-state index in [0.29, 0.717) is 11.5 Å². The first-order valence-corrected chi connectivity index (χ1v) is 10.6. The summed E-state index contributed by atoms with van der Waals surface area (Å²) in [5, 5.41) is 3.44. The van der Waals surface area contributed by atoms with Crippen LogP contribution in [-0.2, 0) is 6.42 Å². The Labute approximate surface area is 170 Å². The summed E-state index contributed by atoms with van der Waals surface area (Å²) < 4.78 is 0. The van der Waals surface area contributed by atoms with Crippen molar-refractivity contribution in [1.29, 1.82) is 0 Å². The number of hydrogen-bond acceptors (Lipinski definition) is 4. The van der Waals surface area contributed by atoms with Crippen LogP contribution in [0.15, 0.2) is 70.7 Å². The zero-order valence-electron chi connectivity index (χ0n) is 16.0. The Kier molecular flexibility index (Phi) is 5.77. The van der Waals surface area contributed by atoms with E-state index in [1.807, 2.05) is 11.8 Å². The molecule has 1 N–H and O–H groups in total. The number of fused-ring (bicyclic) bond motifs is 1. The van der Waals surface area contributed by atoms with Crippen LogP contribution in [-0.4, -0.2) is 17.8 Å². The first-order valence-electron chi connectivity index (χ1n) is 9.74. The van der Waals surface area contributed by atoms with Crippen molar-refractivity contribution >= 4 is 23.7 Å². The van der Waals surface area contributed by atoms with Gasteiger partial charge < -0.3 is 5.32 Å². The van der Waals surface area contributed by atoms with Crippen LogP contribution >= 0.6 is 11.8 Å². The van der Waals surface area contributed by atoms with Crippen molar-refractivity contribution < 1.29 is 4.79 Å². The van der Waals surface area contributed by atoms with Crippen molar-refractivity contribution in [2.45, 2.75) is 41.9 Å². The zero-order chi connectivity index (χ0) is 19.3. The van der Waals surface area contributed by atoms with Crippen LogP contribution in [0, 0.1) is 6.92 Å². The fourth-order valence-electron chi connectivity index (χ4n) is 3.85. The summed E-state index contributed by atoms with van der Waals surface area (Å²) >= 11 is 1.84. The molecule has 0 spiro atoms. The maximum Gasteiger partial charge on any atom is 0.152 e. The van der Waals surface area contributed by atoms with E-state index in [1.165, 1.54) is 39.3 Å². The van der Waals surface area contributed by atoms with Crippen molar-refractivity contribution in [3.63, 3.8) is 0 Å². The van der Waals surface area contributed by atoms with Crippen LogP contribution in [0.2, 0.25) is 0 Å². The third-order valence-electron chi connectivity index (χ3n) is 5.40. The van der Waals surface area contributed by atoms with Crippen molar-refractivity contribution in [3.05, 3.63) is 83.2 Å². The molecule has 0 unspecified atom stereocenters. The molecular weight excluding hydrogens is 364 g/mol. The molecule has 1 aliphatic carbocycles. The molecule has 3 aromatic rings. The van der Waals surface area contributed by atoms with Crippen LogP contribution in [0.4, 0.5) is 5.69 Å². The molecule has 0 fully saturated rings. The van der Waals surface area contributed by atoms with Gasteiger partial charge in [0.2, 0.25) is 0 Å². The second-order valence-electron chi connectivity index (χ2n) is 7.28. The summed E-state index contributed by atoms with van der Waals surface area (Å²) in [6.45, 7) is 2.98.